The minimum atomic E-state index is -0.776. The number of nitrogens with one attached hydrogen (secondary N) is 1. The summed E-state index contributed by atoms with van der Waals surface area (Å²) in [7, 11) is 0.137. The van der Waals surface area contributed by atoms with Crippen molar-refractivity contribution in [2.24, 2.45) is 0 Å². The molecule has 0 aliphatic rings. The number of rotatable bonds is 7. The molecule has 1 aromatic carbocycles. The molecule has 84 valence electrons. The lowest BCUT2D eigenvalue weighted by molar-refractivity contribution is 0.614. The lowest BCUT2D eigenvalue weighted by Gasteiger charge is -2.08. The second-order valence-electron chi connectivity index (χ2n) is 3.85. The molecule has 1 aromatic rings. The van der Waals surface area contributed by atoms with Crippen LogP contribution in [-0.2, 0) is 10.7 Å². The van der Waals surface area contributed by atoms with Gasteiger partial charge in [0.2, 0.25) is 0 Å². The molecule has 0 spiro atoms. The van der Waals surface area contributed by atoms with Gasteiger partial charge in [0.05, 0.1) is 0 Å². The zero-order valence-electron chi connectivity index (χ0n) is 9.70. The molecule has 4 heteroatoms. The van der Waals surface area contributed by atoms with Gasteiger partial charge in [-0.3, -0.25) is 0 Å². The van der Waals surface area contributed by atoms with Crippen LogP contribution in [0.3, 0.4) is 0 Å². The highest BCUT2D eigenvalue weighted by Gasteiger charge is 2.00. The fraction of sp³-hybridized carbons (Fsp3) is 0.455. The smallest absolute Gasteiger partial charge is 0.159 e. The van der Waals surface area contributed by atoms with Gasteiger partial charge in [0.15, 0.2) is 9.04 Å². The average molecular weight is 239 g/mol. The Morgan fingerprint density at radius 2 is 2.07 bits per heavy atom. The normalized spacial score (nSPS) is 12.9. The minimum Gasteiger partial charge on any atom is -0.466 e. The molecule has 0 aliphatic carbocycles. The van der Waals surface area contributed by atoms with E-state index in [2.05, 4.69) is 42.2 Å². The molecule has 0 amide bonds. The first kappa shape index (κ1) is 12.6. The maximum absolute atomic E-state index is 5.47. The Morgan fingerprint density at radius 1 is 1.33 bits per heavy atom. The Bertz CT molecular complexity index is 256. The van der Waals surface area contributed by atoms with Crippen LogP contribution in [0.1, 0.15) is 12.0 Å². The van der Waals surface area contributed by atoms with E-state index in [0.717, 1.165) is 23.6 Å². The van der Waals surface area contributed by atoms with Crippen LogP contribution >= 0.6 is 0 Å². The Hall–Kier alpha value is -0.426. The van der Waals surface area contributed by atoms with Crippen LogP contribution in [0.15, 0.2) is 30.3 Å². The summed E-state index contributed by atoms with van der Waals surface area (Å²) in [5.41, 5.74) is 1.36. The molecule has 0 aromatic heterocycles. The SMILES string of the molecule is C[SiH](CCCNCc1ccccc1)O[SiH3]. The van der Waals surface area contributed by atoms with Crippen molar-refractivity contribution >= 4 is 19.5 Å². The predicted octanol–water partition coefficient (Wildman–Crippen LogP) is 0.817. The van der Waals surface area contributed by atoms with E-state index in [9.17, 15) is 0 Å². The van der Waals surface area contributed by atoms with Gasteiger partial charge >= 0.3 is 0 Å². The second kappa shape index (κ2) is 7.81. The average Bonchev–Trinajstić information content (AvgIpc) is 2.29. The number of hydrogen-bond acceptors (Lipinski definition) is 2. The van der Waals surface area contributed by atoms with Crippen molar-refractivity contribution in [1.29, 1.82) is 0 Å². The van der Waals surface area contributed by atoms with Gasteiger partial charge in [-0.15, -0.1) is 0 Å². The van der Waals surface area contributed by atoms with E-state index in [1.165, 1.54) is 18.0 Å². The minimum absolute atomic E-state index is 0.776. The topological polar surface area (TPSA) is 21.3 Å². The fourth-order valence-corrected chi connectivity index (χ4v) is 3.18. The Kier molecular flexibility index (Phi) is 6.58. The third kappa shape index (κ3) is 5.89. The van der Waals surface area contributed by atoms with Crippen molar-refractivity contribution in [3.63, 3.8) is 0 Å². The third-order valence-electron chi connectivity index (χ3n) is 2.54. The number of benzene rings is 1. The molecule has 1 rings (SSSR count). The van der Waals surface area contributed by atoms with Crippen LogP contribution in [0.2, 0.25) is 12.6 Å². The van der Waals surface area contributed by atoms with Gasteiger partial charge in [0.25, 0.3) is 0 Å². The molecule has 2 nitrogen and oxygen atoms in total. The second-order valence-corrected chi connectivity index (χ2v) is 7.94. The first-order valence-corrected chi connectivity index (χ1v) is 8.86. The van der Waals surface area contributed by atoms with E-state index in [-0.39, 0.29) is 0 Å². The van der Waals surface area contributed by atoms with Crippen molar-refractivity contribution in [1.82, 2.24) is 5.32 Å². The highest BCUT2D eigenvalue weighted by Crippen LogP contribution is 1.99. The molecule has 0 bridgehead atoms. The molecule has 15 heavy (non-hydrogen) atoms. The summed E-state index contributed by atoms with van der Waals surface area (Å²) in [6.07, 6.45) is 1.25. The molecule has 1 unspecified atom stereocenters. The van der Waals surface area contributed by atoms with Crippen LogP contribution in [0, 0.1) is 0 Å². The zero-order valence-corrected chi connectivity index (χ0v) is 12.9. The van der Waals surface area contributed by atoms with Crippen LogP contribution < -0.4 is 5.32 Å². The highest BCUT2D eigenvalue weighted by molar-refractivity contribution is 6.54. The molecule has 0 radical (unpaired) electrons. The first-order chi connectivity index (χ1) is 7.33. The van der Waals surface area contributed by atoms with E-state index < -0.39 is 9.04 Å². The van der Waals surface area contributed by atoms with Gasteiger partial charge in [-0.25, -0.2) is 0 Å². The molecule has 0 aliphatic heterocycles. The Balaban J connectivity index is 2.03. The van der Waals surface area contributed by atoms with Crippen molar-refractivity contribution in [3.05, 3.63) is 35.9 Å². The van der Waals surface area contributed by atoms with Gasteiger partial charge < -0.3 is 9.43 Å². The third-order valence-corrected chi connectivity index (χ3v) is 6.98. The van der Waals surface area contributed by atoms with Crippen LogP contribution in [0.5, 0.6) is 0 Å². The monoisotopic (exact) mass is 239 g/mol. The summed E-state index contributed by atoms with van der Waals surface area (Å²) >= 11 is 0. The molecule has 1 atom stereocenters. The standard InChI is InChI=1S/C11H21NOSi2/c1-15(13-14)9-5-8-12-10-11-6-3-2-4-7-11/h2-4,6-7,12,15H,5,8-10H2,1,14H3. The first-order valence-electron chi connectivity index (χ1n) is 5.60. The van der Waals surface area contributed by atoms with Crippen molar-refractivity contribution < 1.29 is 4.12 Å². The van der Waals surface area contributed by atoms with Gasteiger partial charge in [-0.2, -0.15) is 0 Å². The largest absolute Gasteiger partial charge is 0.466 e. The van der Waals surface area contributed by atoms with Gasteiger partial charge in [0.1, 0.15) is 10.5 Å². The number of hydrogen-bond donors (Lipinski definition) is 1. The van der Waals surface area contributed by atoms with Crippen molar-refractivity contribution in [2.75, 3.05) is 6.54 Å². The quantitative estimate of drug-likeness (QED) is 0.562. The molecule has 0 saturated carbocycles. The summed E-state index contributed by atoms with van der Waals surface area (Å²) in [5.74, 6) is 0. The fourth-order valence-electron chi connectivity index (χ4n) is 1.46. The van der Waals surface area contributed by atoms with Gasteiger partial charge in [-0.05, 0) is 31.1 Å². The molecule has 1 N–H and O–H groups in total. The lowest BCUT2D eigenvalue weighted by Crippen LogP contribution is -2.18. The van der Waals surface area contributed by atoms with E-state index in [1.54, 1.807) is 0 Å². The molecular formula is C11H21NOSi2. The van der Waals surface area contributed by atoms with Crippen LogP contribution in [0.25, 0.3) is 0 Å². The van der Waals surface area contributed by atoms with E-state index in [1.807, 2.05) is 0 Å². The summed E-state index contributed by atoms with van der Waals surface area (Å²) < 4.78 is 5.47. The molecular weight excluding hydrogens is 218 g/mol. The van der Waals surface area contributed by atoms with Gasteiger partial charge in [-0.1, -0.05) is 30.3 Å². The molecule has 0 saturated heterocycles. The highest BCUT2D eigenvalue weighted by atomic mass is 28.3. The Labute approximate surface area is 97.3 Å². The van der Waals surface area contributed by atoms with Crippen LogP contribution in [-0.4, -0.2) is 26.1 Å². The molecule has 0 heterocycles. The van der Waals surface area contributed by atoms with Gasteiger partial charge in [0, 0.05) is 6.54 Å². The summed E-state index contributed by atoms with van der Waals surface area (Å²) in [6, 6.07) is 11.8. The maximum atomic E-state index is 5.47. The summed E-state index contributed by atoms with van der Waals surface area (Å²) in [6.45, 7) is 4.37. The van der Waals surface area contributed by atoms with E-state index in [4.69, 9.17) is 4.12 Å². The lowest BCUT2D eigenvalue weighted by atomic mass is 10.2. The van der Waals surface area contributed by atoms with Crippen molar-refractivity contribution in [3.8, 4) is 0 Å². The van der Waals surface area contributed by atoms with E-state index >= 15 is 0 Å². The zero-order chi connectivity index (χ0) is 10.9. The Morgan fingerprint density at radius 3 is 2.73 bits per heavy atom. The van der Waals surface area contributed by atoms with E-state index in [0.29, 0.717) is 0 Å². The predicted molar refractivity (Wildman–Crippen MR) is 71.6 cm³/mol. The molecule has 0 fully saturated rings. The summed E-state index contributed by atoms with van der Waals surface area (Å²) in [5, 5.41) is 3.46. The van der Waals surface area contributed by atoms with Crippen LogP contribution in [0.4, 0.5) is 0 Å². The van der Waals surface area contributed by atoms with Crippen molar-refractivity contribution in [2.45, 2.75) is 25.6 Å². The maximum Gasteiger partial charge on any atom is 0.159 e. The summed E-state index contributed by atoms with van der Waals surface area (Å²) in [4.78, 5) is 0.